The van der Waals surface area contributed by atoms with Crippen molar-refractivity contribution in [3.8, 4) is 5.75 Å². The topological polar surface area (TPSA) is 74.2 Å². The SMILES string of the molecule is CC(Oc1ccccc1Cl)c1nc(C2(N)CCCC2)no1.Cl. The Morgan fingerprint density at radius 3 is 2.68 bits per heavy atom. The van der Waals surface area contributed by atoms with Gasteiger partial charge in [0.25, 0.3) is 5.89 Å². The van der Waals surface area contributed by atoms with E-state index in [1.807, 2.05) is 19.1 Å². The van der Waals surface area contributed by atoms with Crippen LogP contribution in [-0.4, -0.2) is 10.1 Å². The molecule has 1 aliphatic rings. The van der Waals surface area contributed by atoms with E-state index in [9.17, 15) is 0 Å². The molecule has 2 aromatic rings. The van der Waals surface area contributed by atoms with Crippen LogP contribution in [0.4, 0.5) is 0 Å². The number of rotatable bonds is 4. The molecule has 5 nitrogen and oxygen atoms in total. The Bertz CT molecular complexity index is 627. The van der Waals surface area contributed by atoms with Gasteiger partial charge in [-0.15, -0.1) is 12.4 Å². The molecule has 1 aromatic carbocycles. The van der Waals surface area contributed by atoms with E-state index in [0.29, 0.717) is 22.5 Å². The monoisotopic (exact) mass is 343 g/mol. The molecular weight excluding hydrogens is 325 g/mol. The summed E-state index contributed by atoms with van der Waals surface area (Å²) in [6.45, 7) is 1.85. The largest absolute Gasteiger partial charge is 0.479 e. The predicted molar refractivity (Wildman–Crippen MR) is 86.4 cm³/mol. The summed E-state index contributed by atoms with van der Waals surface area (Å²) in [5.41, 5.74) is 5.87. The van der Waals surface area contributed by atoms with Crippen LogP contribution in [0.1, 0.15) is 50.4 Å². The summed E-state index contributed by atoms with van der Waals surface area (Å²) in [5, 5.41) is 4.58. The summed E-state index contributed by atoms with van der Waals surface area (Å²) in [6.07, 6.45) is 3.62. The molecule has 0 spiro atoms. The number of halogens is 2. The highest BCUT2D eigenvalue weighted by atomic mass is 35.5. The number of nitrogens with two attached hydrogens (primary N) is 1. The summed E-state index contributed by atoms with van der Waals surface area (Å²) in [7, 11) is 0. The van der Waals surface area contributed by atoms with Crippen molar-refractivity contribution in [1.29, 1.82) is 0 Å². The molecule has 1 aromatic heterocycles. The standard InChI is InChI=1S/C15H18ClN3O2.ClH/c1-10(20-12-7-3-2-6-11(12)16)13-18-14(19-21-13)15(17)8-4-5-9-15;/h2-3,6-7,10H,4-5,8-9,17H2,1H3;1H. The van der Waals surface area contributed by atoms with Crippen molar-refractivity contribution in [3.63, 3.8) is 0 Å². The van der Waals surface area contributed by atoms with E-state index in [-0.39, 0.29) is 18.5 Å². The van der Waals surface area contributed by atoms with E-state index in [1.165, 1.54) is 0 Å². The van der Waals surface area contributed by atoms with Crippen molar-refractivity contribution < 1.29 is 9.26 Å². The molecule has 1 heterocycles. The van der Waals surface area contributed by atoms with Crippen molar-refractivity contribution in [2.24, 2.45) is 5.73 Å². The Balaban J connectivity index is 0.00000176. The zero-order valence-electron chi connectivity index (χ0n) is 12.3. The molecule has 120 valence electrons. The molecule has 0 bridgehead atoms. The van der Waals surface area contributed by atoms with Gasteiger partial charge in [0, 0.05) is 0 Å². The molecule has 0 saturated heterocycles. The maximum atomic E-state index is 6.32. The molecule has 1 unspecified atom stereocenters. The van der Waals surface area contributed by atoms with Crippen molar-refractivity contribution >= 4 is 24.0 Å². The second-order valence-corrected chi connectivity index (χ2v) is 5.92. The quantitative estimate of drug-likeness (QED) is 0.907. The highest BCUT2D eigenvalue weighted by Crippen LogP contribution is 2.35. The van der Waals surface area contributed by atoms with E-state index >= 15 is 0 Å². The maximum absolute atomic E-state index is 6.32. The van der Waals surface area contributed by atoms with Crippen LogP contribution in [0.2, 0.25) is 5.02 Å². The number of aromatic nitrogens is 2. The first-order valence-corrected chi connectivity index (χ1v) is 7.50. The number of hydrogen-bond donors (Lipinski definition) is 1. The minimum absolute atomic E-state index is 0. The molecular formula is C15H19Cl2N3O2. The van der Waals surface area contributed by atoms with Gasteiger partial charge in [0.05, 0.1) is 10.6 Å². The summed E-state index contributed by atoms with van der Waals surface area (Å²) >= 11 is 6.08. The van der Waals surface area contributed by atoms with Gasteiger partial charge in [-0.05, 0) is 31.9 Å². The van der Waals surface area contributed by atoms with E-state index in [2.05, 4.69) is 10.1 Å². The first kappa shape index (κ1) is 17.1. The molecule has 7 heteroatoms. The lowest BCUT2D eigenvalue weighted by molar-refractivity contribution is 0.175. The molecule has 0 radical (unpaired) electrons. The summed E-state index contributed by atoms with van der Waals surface area (Å²) < 4.78 is 11.1. The van der Waals surface area contributed by atoms with Gasteiger partial charge in [0.2, 0.25) is 0 Å². The average Bonchev–Trinajstić information content (AvgIpc) is 3.11. The van der Waals surface area contributed by atoms with Crippen LogP contribution in [-0.2, 0) is 5.54 Å². The molecule has 2 N–H and O–H groups in total. The molecule has 1 atom stereocenters. The maximum Gasteiger partial charge on any atom is 0.267 e. The van der Waals surface area contributed by atoms with E-state index in [4.69, 9.17) is 26.6 Å². The normalized spacial score (nSPS) is 17.8. The first-order chi connectivity index (χ1) is 10.1. The van der Waals surface area contributed by atoms with Crippen LogP contribution in [0.5, 0.6) is 5.75 Å². The van der Waals surface area contributed by atoms with Crippen LogP contribution in [0, 0.1) is 0 Å². The average molecular weight is 344 g/mol. The van der Waals surface area contributed by atoms with Crippen molar-refractivity contribution in [2.45, 2.75) is 44.2 Å². The minimum Gasteiger partial charge on any atom is -0.479 e. The van der Waals surface area contributed by atoms with Gasteiger partial charge in [-0.2, -0.15) is 4.98 Å². The number of hydrogen-bond acceptors (Lipinski definition) is 5. The lowest BCUT2D eigenvalue weighted by Gasteiger charge is -2.18. The Morgan fingerprint density at radius 1 is 1.32 bits per heavy atom. The Morgan fingerprint density at radius 2 is 2.00 bits per heavy atom. The van der Waals surface area contributed by atoms with Gasteiger partial charge in [-0.3, -0.25) is 0 Å². The summed E-state index contributed by atoms with van der Waals surface area (Å²) in [6, 6.07) is 7.29. The molecule has 0 amide bonds. The minimum atomic E-state index is -0.453. The van der Waals surface area contributed by atoms with Crippen LogP contribution in [0.3, 0.4) is 0 Å². The van der Waals surface area contributed by atoms with Gasteiger partial charge >= 0.3 is 0 Å². The van der Waals surface area contributed by atoms with E-state index in [0.717, 1.165) is 25.7 Å². The lowest BCUT2D eigenvalue weighted by atomic mass is 9.99. The van der Waals surface area contributed by atoms with E-state index in [1.54, 1.807) is 12.1 Å². The van der Waals surface area contributed by atoms with Gasteiger partial charge in [0.1, 0.15) is 5.75 Å². The molecule has 0 aliphatic heterocycles. The van der Waals surface area contributed by atoms with Crippen LogP contribution in [0.15, 0.2) is 28.8 Å². The van der Waals surface area contributed by atoms with Gasteiger partial charge < -0.3 is 15.0 Å². The third-order valence-electron chi connectivity index (χ3n) is 3.87. The van der Waals surface area contributed by atoms with Gasteiger partial charge in [0.15, 0.2) is 11.9 Å². The molecule has 22 heavy (non-hydrogen) atoms. The smallest absolute Gasteiger partial charge is 0.267 e. The zero-order chi connectivity index (χ0) is 14.9. The van der Waals surface area contributed by atoms with Gasteiger partial charge in [-0.25, -0.2) is 0 Å². The zero-order valence-corrected chi connectivity index (χ0v) is 13.9. The molecule has 1 fully saturated rings. The fourth-order valence-electron chi connectivity index (χ4n) is 2.61. The Labute approximate surface area is 140 Å². The number of benzene rings is 1. The van der Waals surface area contributed by atoms with Crippen molar-refractivity contribution in [3.05, 3.63) is 41.0 Å². The molecule has 3 rings (SSSR count). The van der Waals surface area contributed by atoms with Gasteiger partial charge in [-0.1, -0.05) is 41.7 Å². The van der Waals surface area contributed by atoms with Crippen LogP contribution in [0.25, 0.3) is 0 Å². The molecule has 1 aliphatic carbocycles. The summed E-state index contributed by atoms with van der Waals surface area (Å²) in [5.74, 6) is 1.58. The number of para-hydroxylation sites is 1. The fraction of sp³-hybridized carbons (Fsp3) is 0.467. The fourth-order valence-corrected chi connectivity index (χ4v) is 2.79. The highest BCUT2D eigenvalue weighted by Gasteiger charge is 2.36. The van der Waals surface area contributed by atoms with Crippen molar-refractivity contribution in [1.82, 2.24) is 10.1 Å². The third-order valence-corrected chi connectivity index (χ3v) is 4.18. The predicted octanol–water partition coefficient (Wildman–Crippen LogP) is 4.01. The highest BCUT2D eigenvalue weighted by molar-refractivity contribution is 6.32. The van der Waals surface area contributed by atoms with E-state index < -0.39 is 5.54 Å². The Kier molecular flexibility index (Phi) is 5.32. The third kappa shape index (κ3) is 3.37. The first-order valence-electron chi connectivity index (χ1n) is 7.13. The number of nitrogens with zero attached hydrogens (tertiary/aromatic N) is 2. The molecule has 1 saturated carbocycles. The number of ether oxygens (including phenoxy) is 1. The van der Waals surface area contributed by atoms with Crippen molar-refractivity contribution in [2.75, 3.05) is 0 Å². The second-order valence-electron chi connectivity index (χ2n) is 5.51. The van der Waals surface area contributed by atoms with Crippen LogP contribution < -0.4 is 10.5 Å². The second kappa shape index (κ2) is 6.86. The van der Waals surface area contributed by atoms with Crippen LogP contribution >= 0.6 is 24.0 Å². The summed E-state index contributed by atoms with van der Waals surface area (Å²) in [4.78, 5) is 4.42. The Hall–Kier alpha value is -1.30. The lowest BCUT2D eigenvalue weighted by Crippen LogP contribution is -2.34.